The summed E-state index contributed by atoms with van der Waals surface area (Å²) in [6, 6.07) is 8.76. The molecule has 5 heteroatoms. The smallest absolute Gasteiger partial charge is 0.237 e. The topological polar surface area (TPSA) is 63.9 Å². The number of aromatic nitrogens is 1. The molecule has 0 amide bonds. The number of nitrogens with zero attached hydrogens (tertiary/aromatic N) is 1. The van der Waals surface area contributed by atoms with Crippen molar-refractivity contribution in [3.8, 4) is 28.6 Å². The maximum Gasteiger partial charge on any atom is 0.237 e. The fourth-order valence-electron chi connectivity index (χ4n) is 1.84. The van der Waals surface area contributed by atoms with Crippen LogP contribution in [0.25, 0.3) is 11.1 Å². The average molecular weight is 263 g/mol. The van der Waals surface area contributed by atoms with Crippen molar-refractivity contribution >= 4 is 0 Å². The van der Waals surface area contributed by atoms with Crippen LogP contribution in [0.15, 0.2) is 30.3 Å². The van der Waals surface area contributed by atoms with Crippen LogP contribution in [-0.4, -0.2) is 28.7 Å². The Balaban J connectivity index is 2.36. The summed E-state index contributed by atoms with van der Waals surface area (Å²) in [4.78, 5) is 4.86. The Morgan fingerprint density at radius 3 is 2.63 bits per heavy atom. The lowest BCUT2D eigenvalue weighted by atomic mass is 10.1. The largest absolute Gasteiger partial charge is 0.494 e. The molecule has 0 aliphatic heterocycles. The van der Waals surface area contributed by atoms with Gasteiger partial charge in [0, 0.05) is 6.07 Å². The second-order valence-corrected chi connectivity index (χ2v) is 4.09. The first-order valence-corrected chi connectivity index (χ1v) is 6.08. The Bertz CT molecular complexity index is 563. The van der Waals surface area contributed by atoms with Crippen molar-refractivity contribution in [1.82, 2.24) is 4.73 Å². The van der Waals surface area contributed by atoms with E-state index in [0.29, 0.717) is 12.2 Å². The van der Waals surface area contributed by atoms with Gasteiger partial charge in [-0.25, -0.2) is 0 Å². The predicted molar refractivity (Wildman–Crippen MR) is 71.5 cm³/mol. The third-order valence-electron chi connectivity index (χ3n) is 2.72. The highest BCUT2D eigenvalue weighted by atomic mass is 16.7. The second-order valence-electron chi connectivity index (χ2n) is 4.09. The lowest BCUT2D eigenvalue weighted by Gasteiger charge is -2.07. The van der Waals surface area contributed by atoms with Gasteiger partial charge in [-0.05, 0) is 24.1 Å². The Hall–Kier alpha value is -2.30. The van der Waals surface area contributed by atoms with Crippen LogP contribution in [0.1, 0.15) is 13.3 Å². The van der Waals surface area contributed by atoms with Gasteiger partial charge in [0.15, 0.2) is 0 Å². The summed E-state index contributed by atoms with van der Waals surface area (Å²) in [7, 11) is 1.37. The minimum Gasteiger partial charge on any atom is -0.494 e. The minimum atomic E-state index is -0.158. The van der Waals surface area contributed by atoms with E-state index in [1.54, 1.807) is 0 Å². The van der Waals surface area contributed by atoms with Crippen LogP contribution in [-0.2, 0) is 0 Å². The van der Waals surface area contributed by atoms with Gasteiger partial charge in [0.2, 0.25) is 11.8 Å². The molecule has 0 saturated heterocycles. The summed E-state index contributed by atoms with van der Waals surface area (Å²) in [6.45, 7) is 2.67. The molecule has 1 aromatic carbocycles. The summed E-state index contributed by atoms with van der Waals surface area (Å²) >= 11 is 0. The highest BCUT2D eigenvalue weighted by Crippen LogP contribution is 2.36. The fourth-order valence-corrected chi connectivity index (χ4v) is 1.84. The van der Waals surface area contributed by atoms with Gasteiger partial charge in [0.25, 0.3) is 0 Å². The molecule has 0 spiro atoms. The molecule has 0 aliphatic carbocycles. The quantitative estimate of drug-likeness (QED) is 0.869. The standard InChI is InChI=1S/C14H17NO4/c1-3-7-19-11-6-4-5-10(8-11)12-9-13(16)15(18-2)14(12)17/h4-6,8-9,16-17H,3,7H2,1-2H3. The monoisotopic (exact) mass is 263 g/mol. The Morgan fingerprint density at radius 2 is 2.00 bits per heavy atom. The number of hydrogen-bond acceptors (Lipinski definition) is 4. The van der Waals surface area contributed by atoms with Crippen LogP contribution in [0.2, 0.25) is 0 Å². The number of benzene rings is 1. The van der Waals surface area contributed by atoms with Crippen LogP contribution >= 0.6 is 0 Å². The first-order chi connectivity index (χ1) is 9.17. The molecular formula is C14H17NO4. The molecule has 0 radical (unpaired) electrons. The maximum absolute atomic E-state index is 9.97. The molecule has 0 fully saturated rings. The van der Waals surface area contributed by atoms with E-state index in [9.17, 15) is 10.2 Å². The summed E-state index contributed by atoms with van der Waals surface area (Å²) in [6.07, 6.45) is 0.927. The molecule has 1 aromatic heterocycles. The van der Waals surface area contributed by atoms with Gasteiger partial charge in [-0.2, -0.15) is 0 Å². The van der Waals surface area contributed by atoms with Crippen LogP contribution in [0.5, 0.6) is 17.5 Å². The SMILES string of the molecule is CCCOc1cccc(-c2cc(O)n(OC)c2O)c1. The molecule has 19 heavy (non-hydrogen) atoms. The van der Waals surface area contributed by atoms with Gasteiger partial charge in [-0.15, -0.1) is 4.73 Å². The van der Waals surface area contributed by atoms with E-state index < -0.39 is 0 Å². The van der Waals surface area contributed by atoms with Crippen molar-refractivity contribution in [2.24, 2.45) is 0 Å². The highest BCUT2D eigenvalue weighted by molar-refractivity contribution is 5.71. The van der Waals surface area contributed by atoms with Gasteiger partial charge in [0.1, 0.15) is 12.9 Å². The Kier molecular flexibility index (Phi) is 3.85. The van der Waals surface area contributed by atoms with Crippen molar-refractivity contribution in [1.29, 1.82) is 0 Å². The van der Waals surface area contributed by atoms with E-state index in [2.05, 4.69) is 0 Å². The third kappa shape index (κ3) is 2.59. The summed E-state index contributed by atoms with van der Waals surface area (Å²) in [5, 5.41) is 19.6. The Morgan fingerprint density at radius 1 is 1.21 bits per heavy atom. The van der Waals surface area contributed by atoms with Crippen molar-refractivity contribution in [3.63, 3.8) is 0 Å². The molecular weight excluding hydrogens is 246 g/mol. The summed E-state index contributed by atoms with van der Waals surface area (Å²) in [5.74, 6) is 0.422. The normalized spacial score (nSPS) is 10.4. The molecule has 2 aromatic rings. The van der Waals surface area contributed by atoms with E-state index in [-0.39, 0.29) is 11.8 Å². The van der Waals surface area contributed by atoms with E-state index in [1.807, 2.05) is 31.2 Å². The zero-order valence-corrected chi connectivity index (χ0v) is 11.0. The van der Waals surface area contributed by atoms with Gasteiger partial charge in [0.05, 0.1) is 12.2 Å². The molecule has 102 valence electrons. The van der Waals surface area contributed by atoms with Gasteiger partial charge < -0.3 is 19.8 Å². The molecule has 5 nitrogen and oxygen atoms in total. The number of hydrogen-bond donors (Lipinski definition) is 2. The van der Waals surface area contributed by atoms with Gasteiger partial charge in [-0.3, -0.25) is 0 Å². The maximum atomic E-state index is 9.97. The molecule has 0 bridgehead atoms. The lowest BCUT2D eigenvalue weighted by molar-refractivity contribution is 0.120. The number of rotatable bonds is 5. The van der Waals surface area contributed by atoms with Crippen molar-refractivity contribution < 1.29 is 19.8 Å². The number of ether oxygens (including phenoxy) is 1. The van der Waals surface area contributed by atoms with E-state index in [1.165, 1.54) is 13.2 Å². The van der Waals surface area contributed by atoms with E-state index in [4.69, 9.17) is 9.57 Å². The predicted octanol–water partition coefficient (Wildman–Crippen LogP) is 2.41. The zero-order valence-electron chi connectivity index (χ0n) is 11.0. The summed E-state index contributed by atoms with van der Waals surface area (Å²) < 4.78 is 6.49. The van der Waals surface area contributed by atoms with Crippen LogP contribution in [0.3, 0.4) is 0 Å². The van der Waals surface area contributed by atoms with Crippen molar-refractivity contribution in [2.75, 3.05) is 13.7 Å². The Labute approximate surface area is 111 Å². The van der Waals surface area contributed by atoms with Crippen molar-refractivity contribution in [3.05, 3.63) is 30.3 Å². The van der Waals surface area contributed by atoms with Crippen LogP contribution < -0.4 is 9.57 Å². The molecule has 2 rings (SSSR count). The average Bonchev–Trinajstić information content (AvgIpc) is 2.71. The van der Waals surface area contributed by atoms with Crippen molar-refractivity contribution in [2.45, 2.75) is 13.3 Å². The zero-order chi connectivity index (χ0) is 13.8. The van der Waals surface area contributed by atoms with Gasteiger partial charge >= 0.3 is 0 Å². The van der Waals surface area contributed by atoms with E-state index in [0.717, 1.165) is 22.5 Å². The second kappa shape index (κ2) is 5.56. The molecule has 0 saturated carbocycles. The van der Waals surface area contributed by atoms with Crippen LogP contribution in [0, 0.1) is 0 Å². The molecule has 2 N–H and O–H groups in total. The lowest BCUT2D eigenvalue weighted by Crippen LogP contribution is -2.03. The molecule has 0 aliphatic rings. The summed E-state index contributed by atoms with van der Waals surface area (Å²) in [5.41, 5.74) is 1.23. The van der Waals surface area contributed by atoms with Crippen LogP contribution in [0.4, 0.5) is 0 Å². The third-order valence-corrected chi connectivity index (χ3v) is 2.72. The first kappa shape index (κ1) is 13.1. The number of aromatic hydroxyl groups is 2. The highest BCUT2D eigenvalue weighted by Gasteiger charge is 2.16. The van der Waals surface area contributed by atoms with Gasteiger partial charge in [-0.1, -0.05) is 19.1 Å². The minimum absolute atomic E-state index is 0.146. The first-order valence-electron chi connectivity index (χ1n) is 6.08. The molecule has 1 heterocycles. The van der Waals surface area contributed by atoms with E-state index >= 15 is 0 Å². The fraction of sp³-hybridized carbons (Fsp3) is 0.286. The molecule has 0 atom stereocenters. The molecule has 0 unspecified atom stereocenters.